The van der Waals surface area contributed by atoms with E-state index < -0.39 is 0 Å². The summed E-state index contributed by atoms with van der Waals surface area (Å²) in [5.74, 6) is 0.709. The van der Waals surface area contributed by atoms with Gasteiger partial charge in [0.2, 0.25) is 0 Å². The Labute approximate surface area is 98.8 Å². The highest BCUT2D eigenvalue weighted by atomic mass is 16.1. The molecule has 2 atom stereocenters. The number of hydrogen-bond donors (Lipinski definition) is 0. The third-order valence-electron chi connectivity index (χ3n) is 3.63. The third kappa shape index (κ3) is 2.93. The van der Waals surface area contributed by atoms with Crippen molar-refractivity contribution in [1.29, 1.82) is 0 Å². The second-order valence-corrected chi connectivity index (χ2v) is 5.61. The fraction of sp³-hybridized carbons (Fsp3) is 0.857. The van der Waals surface area contributed by atoms with Crippen LogP contribution in [0.5, 0.6) is 0 Å². The smallest absolute Gasteiger partial charge is 0.139 e. The van der Waals surface area contributed by atoms with E-state index in [0.717, 1.165) is 25.7 Å². The summed E-state index contributed by atoms with van der Waals surface area (Å²) >= 11 is 0. The molecule has 16 heavy (non-hydrogen) atoms. The van der Waals surface area contributed by atoms with Gasteiger partial charge in [0, 0.05) is 23.7 Å². The molecule has 1 saturated carbocycles. The van der Waals surface area contributed by atoms with Gasteiger partial charge in [0.25, 0.3) is 0 Å². The highest BCUT2D eigenvalue weighted by Crippen LogP contribution is 2.34. The molecule has 2 heteroatoms. The van der Waals surface area contributed by atoms with Crippen molar-refractivity contribution in [3.8, 4) is 0 Å². The molecule has 0 aromatic carbocycles. The molecule has 0 aliphatic heterocycles. The summed E-state index contributed by atoms with van der Waals surface area (Å²) in [5, 5.41) is 0. The van der Waals surface area contributed by atoms with Crippen LogP contribution in [0.15, 0.2) is 0 Å². The second-order valence-electron chi connectivity index (χ2n) is 5.61. The first-order valence-corrected chi connectivity index (χ1v) is 6.52. The molecule has 0 aromatic heterocycles. The van der Waals surface area contributed by atoms with Crippen LogP contribution >= 0.6 is 0 Å². The van der Waals surface area contributed by atoms with Gasteiger partial charge in [-0.15, -0.1) is 0 Å². The van der Waals surface area contributed by atoms with Crippen molar-refractivity contribution in [2.45, 2.75) is 53.4 Å². The summed E-state index contributed by atoms with van der Waals surface area (Å²) in [4.78, 5) is 24.2. The van der Waals surface area contributed by atoms with Crippen molar-refractivity contribution in [1.82, 2.24) is 0 Å². The standard InChI is InChI=1S/C14H24O2/c1-9(2)13(15)11-7-5-6-8-12(11)14(16)10(3)4/h9-12H,5-8H2,1-4H3/t11-,12-/m1/s1. The fourth-order valence-corrected chi connectivity index (χ4v) is 2.67. The summed E-state index contributed by atoms with van der Waals surface area (Å²) in [6.45, 7) is 7.75. The predicted octanol–water partition coefficient (Wildman–Crippen LogP) is 3.24. The van der Waals surface area contributed by atoms with Crippen molar-refractivity contribution in [3.63, 3.8) is 0 Å². The van der Waals surface area contributed by atoms with E-state index in [1.807, 2.05) is 27.7 Å². The van der Waals surface area contributed by atoms with Crippen molar-refractivity contribution < 1.29 is 9.59 Å². The zero-order valence-electron chi connectivity index (χ0n) is 11.0. The molecule has 1 rings (SSSR count). The molecule has 0 spiro atoms. The molecule has 0 radical (unpaired) electrons. The van der Waals surface area contributed by atoms with E-state index in [4.69, 9.17) is 0 Å². The van der Waals surface area contributed by atoms with Gasteiger partial charge in [-0.1, -0.05) is 40.5 Å². The normalized spacial score (nSPS) is 26.1. The summed E-state index contributed by atoms with van der Waals surface area (Å²) in [6.07, 6.45) is 4.04. The third-order valence-corrected chi connectivity index (χ3v) is 3.63. The first kappa shape index (κ1) is 13.4. The van der Waals surface area contributed by atoms with E-state index in [-0.39, 0.29) is 23.7 Å². The van der Waals surface area contributed by atoms with Crippen LogP contribution < -0.4 is 0 Å². The predicted molar refractivity (Wildman–Crippen MR) is 65.1 cm³/mol. The van der Waals surface area contributed by atoms with Crippen LogP contribution in [0.1, 0.15) is 53.4 Å². The number of carbonyl (C=O) groups excluding carboxylic acids is 2. The van der Waals surface area contributed by atoms with E-state index in [9.17, 15) is 9.59 Å². The van der Waals surface area contributed by atoms with E-state index in [1.165, 1.54) is 0 Å². The Morgan fingerprint density at radius 2 is 1.12 bits per heavy atom. The van der Waals surface area contributed by atoms with E-state index in [1.54, 1.807) is 0 Å². The molecule has 1 aliphatic rings. The molecule has 92 valence electrons. The summed E-state index contributed by atoms with van der Waals surface area (Å²) in [7, 11) is 0. The molecule has 0 aromatic rings. The van der Waals surface area contributed by atoms with E-state index >= 15 is 0 Å². The lowest BCUT2D eigenvalue weighted by Crippen LogP contribution is -2.36. The van der Waals surface area contributed by atoms with Gasteiger partial charge in [-0.2, -0.15) is 0 Å². The van der Waals surface area contributed by atoms with Crippen LogP contribution in [-0.2, 0) is 9.59 Å². The topological polar surface area (TPSA) is 34.1 Å². The van der Waals surface area contributed by atoms with Crippen LogP contribution in [0.3, 0.4) is 0 Å². The van der Waals surface area contributed by atoms with Gasteiger partial charge in [-0.25, -0.2) is 0 Å². The molecule has 0 bridgehead atoms. The monoisotopic (exact) mass is 224 g/mol. The molecule has 1 fully saturated rings. The van der Waals surface area contributed by atoms with Gasteiger partial charge < -0.3 is 0 Å². The number of hydrogen-bond acceptors (Lipinski definition) is 2. The maximum absolute atomic E-state index is 12.1. The molecular formula is C14H24O2. The second kappa shape index (κ2) is 5.60. The van der Waals surface area contributed by atoms with Crippen molar-refractivity contribution in [2.24, 2.45) is 23.7 Å². The lowest BCUT2D eigenvalue weighted by molar-refractivity contribution is -0.137. The highest BCUT2D eigenvalue weighted by molar-refractivity contribution is 5.91. The van der Waals surface area contributed by atoms with Gasteiger partial charge in [0.15, 0.2) is 0 Å². The quantitative estimate of drug-likeness (QED) is 0.734. The Morgan fingerprint density at radius 3 is 1.38 bits per heavy atom. The van der Waals surface area contributed by atoms with Gasteiger partial charge in [-0.3, -0.25) is 9.59 Å². The first-order valence-electron chi connectivity index (χ1n) is 6.52. The molecule has 0 unspecified atom stereocenters. The van der Waals surface area contributed by atoms with Crippen LogP contribution in [-0.4, -0.2) is 11.6 Å². The maximum atomic E-state index is 12.1. The Morgan fingerprint density at radius 1 is 0.812 bits per heavy atom. The Kier molecular flexibility index (Phi) is 4.69. The van der Waals surface area contributed by atoms with Crippen LogP contribution in [0.25, 0.3) is 0 Å². The molecule has 1 aliphatic carbocycles. The largest absolute Gasteiger partial charge is 0.299 e. The average Bonchev–Trinajstić information content (AvgIpc) is 2.26. The maximum Gasteiger partial charge on any atom is 0.139 e. The SMILES string of the molecule is CC(C)C(=O)[C@@H]1CCCC[C@H]1C(=O)C(C)C. The Balaban J connectivity index is 2.79. The Hall–Kier alpha value is -0.660. The number of Topliss-reactive ketones (excluding diaryl/α,β-unsaturated/α-hetero) is 2. The number of carbonyl (C=O) groups is 2. The lowest BCUT2D eigenvalue weighted by atomic mass is 9.71. The van der Waals surface area contributed by atoms with Crippen molar-refractivity contribution in [3.05, 3.63) is 0 Å². The molecule has 2 nitrogen and oxygen atoms in total. The minimum absolute atomic E-state index is 0.00338. The van der Waals surface area contributed by atoms with Gasteiger partial charge in [0.05, 0.1) is 0 Å². The minimum Gasteiger partial charge on any atom is -0.299 e. The lowest BCUT2D eigenvalue weighted by Gasteiger charge is -2.31. The van der Waals surface area contributed by atoms with E-state index in [0.29, 0.717) is 11.6 Å². The van der Waals surface area contributed by atoms with Crippen molar-refractivity contribution >= 4 is 11.6 Å². The number of rotatable bonds is 4. The zero-order chi connectivity index (χ0) is 12.3. The van der Waals surface area contributed by atoms with Gasteiger partial charge in [0.1, 0.15) is 11.6 Å². The summed E-state index contributed by atoms with van der Waals surface area (Å²) < 4.78 is 0. The van der Waals surface area contributed by atoms with Crippen LogP contribution in [0, 0.1) is 23.7 Å². The zero-order valence-corrected chi connectivity index (χ0v) is 11.0. The molecule has 0 saturated heterocycles. The Bertz CT molecular complexity index is 238. The molecule has 0 N–H and O–H groups in total. The van der Waals surface area contributed by atoms with Gasteiger partial charge >= 0.3 is 0 Å². The summed E-state index contributed by atoms with van der Waals surface area (Å²) in [6, 6.07) is 0. The first-order chi connectivity index (χ1) is 7.45. The van der Waals surface area contributed by atoms with E-state index in [2.05, 4.69) is 0 Å². The van der Waals surface area contributed by atoms with Crippen LogP contribution in [0.2, 0.25) is 0 Å². The summed E-state index contributed by atoms with van der Waals surface area (Å²) in [5.41, 5.74) is 0. The van der Waals surface area contributed by atoms with Crippen molar-refractivity contribution in [2.75, 3.05) is 0 Å². The van der Waals surface area contributed by atoms with Gasteiger partial charge in [-0.05, 0) is 12.8 Å². The fourth-order valence-electron chi connectivity index (χ4n) is 2.67. The van der Waals surface area contributed by atoms with Crippen LogP contribution in [0.4, 0.5) is 0 Å². The molecule has 0 heterocycles. The minimum atomic E-state index is 0.00338. The average molecular weight is 224 g/mol. The molecule has 0 amide bonds. The highest BCUT2D eigenvalue weighted by Gasteiger charge is 2.36. The molecular weight excluding hydrogens is 200 g/mol. The number of ketones is 2.